The van der Waals surface area contributed by atoms with Crippen molar-refractivity contribution in [2.45, 2.75) is 44.6 Å². The van der Waals surface area contributed by atoms with Gasteiger partial charge in [0.05, 0.1) is 5.56 Å². The number of nitrogen functional groups attached to an aromatic ring is 1. The van der Waals surface area contributed by atoms with Gasteiger partial charge in [-0.05, 0) is 43.7 Å². The number of likely N-dealkylation sites (tertiary alicyclic amines) is 1. The van der Waals surface area contributed by atoms with Gasteiger partial charge in [-0.25, -0.2) is 10.8 Å². The van der Waals surface area contributed by atoms with E-state index >= 15 is 0 Å². The molecule has 2 heterocycles. The minimum atomic E-state index is 0.123. The van der Waals surface area contributed by atoms with Crippen LogP contribution in [-0.2, 0) is 0 Å². The van der Waals surface area contributed by atoms with Crippen molar-refractivity contribution in [1.29, 1.82) is 0 Å². The van der Waals surface area contributed by atoms with Crippen LogP contribution in [0.1, 0.15) is 48.9 Å². The second-order valence-electron chi connectivity index (χ2n) is 5.83. The fourth-order valence-corrected chi connectivity index (χ4v) is 3.65. The molecule has 0 spiro atoms. The van der Waals surface area contributed by atoms with Gasteiger partial charge in [0.2, 0.25) is 0 Å². The molecule has 5 nitrogen and oxygen atoms in total. The fourth-order valence-electron chi connectivity index (χ4n) is 3.65. The second-order valence-corrected chi connectivity index (χ2v) is 5.83. The van der Waals surface area contributed by atoms with Crippen LogP contribution in [-0.4, -0.2) is 28.4 Å². The Balaban J connectivity index is 1.77. The highest BCUT2D eigenvalue weighted by Gasteiger charge is 2.35. The summed E-state index contributed by atoms with van der Waals surface area (Å²) in [5.74, 6) is 6.71. The quantitative estimate of drug-likeness (QED) is 0.640. The van der Waals surface area contributed by atoms with E-state index in [1.807, 2.05) is 0 Å². The third-order valence-electron chi connectivity index (χ3n) is 4.66. The van der Waals surface area contributed by atoms with Crippen LogP contribution in [0.4, 0.5) is 5.82 Å². The summed E-state index contributed by atoms with van der Waals surface area (Å²) >= 11 is 0. The summed E-state index contributed by atoms with van der Waals surface area (Å²) in [4.78, 5) is 18.9. The lowest BCUT2D eigenvalue weighted by molar-refractivity contribution is 0.0390. The smallest absolute Gasteiger partial charge is 0.255 e. The molecule has 108 valence electrons. The van der Waals surface area contributed by atoms with Gasteiger partial charge >= 0.3 is 0 Å². The first-order chi connectivity index (χ1) is 9.79. The van der Waals surface area contributed by atoms with Gasteiger partial charge in [-0.3, -0.25) is 4.79 Å². The summed E-state index contributed by atoms with van der Waals surface area (Å²) in [7, 11) is 0. The average Bonchev–Trinajstić information content (AvgIpc) is 2.54. The van der Waals surface area contributed by atoms with Gasteiger partial charge in [0.15, 0.2) is 0 Å². The van der Waals surface area contributed by atoms with Crippen molar-refractivity contribution in [3.8, 4) is 0 Å². The molecule has 3 N–H and O–H groups in total. The van der Waals surface area contributed by atoms with E-state index in [0.717, 1.165) is 19.4 Å². The van der Waals surface area contributed by atoms with Crippen molar-refractivity contribution >= 4 is 11.7 Å². The average molecular weight is 274 g/mol. The van der Waals surface area contributed by atoms with E-state index in [-0.39, 0.29) is 5.91 Å². The number of nitrogens with two attached hydrogens (primary N) is 1. The number of carbonyl (C=O) groups is 1. The lowest BCUT2D eigenvalue weighted by Crippen LogP contribution is -2.49. The van der Waals surface area contributed by atoms with Gasteiger partial charge in [-0.2, -0.15) is 0 Å². The molecular formula is C15H22N4O. The summed E-state index contributed by atoms with van der Waals surface area (Å²) in [5, 5.41) is 0. The van der Waals surface area contributed by atoms with Crippen LogP contribution in [0.15, 0.2) is 18.3 Å². The van der Waals surface area contributed by atoms with Crippen molar-refractivity contribution in [2.75, 3.05) is 12.0 Å². The molecule has 2 fully saturated rings. The molecule has 1 saturated carbocycles. The molecule has 20 heavy (non-hydrogen) atoms. The Labute approximate surface area is 119 Å². The Bertz CT molecular complexity index is 471. The third-order valence-corrected chi connectivity index (χ3v) is 4.66. The minimum Gasteiger partial charge on any atom is -0.335 e. The first-order valence-electron chi connectivity index (χ1n) is 7.53. The highest BCUT2D eigenvalue weighted by molar-refractivity contribution is 5.94. The Morgan fingerprint density at radius 1 is 1.25 bits per heavy atom. The van der Waals surface area contributed by atoms with Crippen LogP contribution in [0.2, 0.25) is 0 Å². The number of nitrogens with one attached hydrogen (secondary N) is 1. The van der Waals surface area contributed by atoms with E-state index in [0.29, 0.717) is 23.3 Å². The predicted molar refractivity (Wildman–Crippen MR) is 78.1 cm³/mol. The maximum atomic E-state index is 12.7. The summed E-state index contributed by atoms with van der Waals surface area (Å²) < 4.78 is 0. The monoisotopic (exact) mass is 274 g/mol. The molecular weight excluding hydrogens is 252 g/mol. The Morgan fingerprint density at radius 3 is 2.80 bits per heavy atom. The first-order valence-corrected chi connectivity index (χ1v) is 7.53. The SMILES string of the molecule is NNc1ccc(C(=O)N2CCCC3CCCCC32)cn1. The number of hydrazine groups is 1. The summed E-state index contributed by atoms with van der Waals surface area (Å²) in [6, 6.07) is 3.99. The standard InChI is InChI=1S/C15H22N4O/c16-18-14-8-7-12(10-17-14)15(20)19-9-3-5-11-4-1-2-6-13(11)19/h7-8,10-11,13H,1-6,9,16H2,(H,17,18). The molecule has 2 aliphatic rings. The molecule has 1 saturated heterocycles. The molecule has 0 radical (unpaired) electrons. The number of hydrogen-bond acceptors (Lipinski definition) is 4. The molecule has 2 atom stereocenters. The van der Waals surface area contributed by atoms with E-state index < -0.39 is 0 Å². The topological polar surface area (TPSA) is 71.2 Å². The molecule has 1 amide bonds. The van der Waals surface area contributed by atoms with Gasteiger partial charge in [0.1, 0.15) is 5.82 Å². The molecule has 1 aromatic rings. The van der Waals surface area contributed by atoms with E-state index in [1.165, 1.54) is 25.7 Å². The molecule has 5 heteroatoms. The van der Waals surface area contributed by atoms with Crippen molar-refractivity contribution < 1.29 is 4.79 Å². The van der Waals surface area contributed by atoms with E-state index in [4.69, 9.17) is 5.84 Å². The summed E-state index contributed by atoms with van der Waals surface area (Å²) in [6.07, 6.45) is 9.03. The molecule has 1 aliphatic heterocycles. The van der Waals surface area contributed by atoms with Crippen molar-refractivity contribution in [3.05, 3.63) is 23.9 Å². The number of hydrogen-bond donors (Lipinski definition) is 2. The third kappa shape index (κ3) is 2.50. The van der Waals surface area contributed by atoms with Crippen LogP contribution < -0.4 is 11.3 Å². The Hall–Kier alpha value is -1.62. The predicted octanol–water partition coefficient (Wildman–Crippen LogP) is 2.16. The van der Waals surface area contributed by atoms with Crippen molar-refractivity contribution in [1.82, 2.24) is 9.88 Å². The van der Waals surface area contributed by atoms with Crippen LogP contribution >= 0.6 is 0 Å². The number of fused-ring (bicyclic) bond motifs is 1. The highest BCUT2D eigenvalue weighted by Crippen LogP contribution is 2.35. The summed E-state index contributed by atoms with van der Waals surface area (Å²) in [5.41, 5.74) is 3.14. The number of anilines is 1. The van der Waals surface area contributed by atoms with Gasteiger partial charge < -0.3 is 10.3 Å². The molecule has 3 rings (SSSR count). The van der Waals surface area contributed by atoms with E-state index in [1.54, 1.807) is 18.3 Å². The van der Waals surface area contributed by atoms with Crippen molar-refractivity contribution in [3.63, 3.8) is 0 Å². The number of piperidine rings is 1. The lowest BCUT2D eigenvalue weighted by Gasteiger charge is -2.44. The second kappa shape index (κ2) is 5.79. The zero-order valence-corrected chi connectivity index (χ0v) is 11.7. The van der Waals surface area contributed by atoms with Crippen LogP contribution in [0.3, 0.4) is 0 Å². The number of nitrogens with zero attached hydrogens (tertiary/aromatic N) is 2. The van der Waals surface area contributed by atoms with Gasteiger partial charge in [0, 0.05) is 18.8 Å². The molecule has 1 aliphatic carbocycles. The number of pyridine rings is 1. The number of carbonyl (C=O) groups excluding carboxylic acids is 1. The summed E-state index contributed by atoms with van der Waals surface area (Å²) in [6.45, 7) is 0.886. The zero-order valence-electron chi connectivity index (χ0n) is 11.7. The van der Waals surface area contributed by atoms with Crippen LogP contribution in [0, 0.1) is 5.92 Å². The van der Waals surface area contributed by atoms with Crippen LogP contribution in [0.25, 0.3) is 0 Å². The maximum Gasteiger partial charge on any atom is 0.255 e. The zero-order chi connectivity index (χ0) is 13.9. The largest absolute Gasteiger partial charge is 0.335 e. The number of rotatable bonds is 2. The highest BCUT2D eigenvalue weighted by atomic mass is 16.2. The lowest BCUT2D eigenvalue weighted by atomic mass is 9.78. The molecule has 1 aromatic heterocycles. The van der Waals surface area contributed by atoms with E-state index in [9.17, 15) is 4.79 Å². The first kappa shape index (κ1) is 13.4. The molecule has 0 bridgehead atoms. The van der Waals surface area contributed by atoms with Gasteiger partial charge in [-0.15, -0.1) is 0 Å². The Morgan fingerprint density at radius 2 is 2.05 bits per heavy atom. The normalized spacial score (nSPS) is 25.9. The van der Waals surface area contributed by atoms with Gasteiger partial charge in [0.25, 0.3) is 5.91 Å². The fraction of sp³-hybridized carbons (Fsp3) is 0.600. The maximum absolute atomic E-state index is 12.7. The van der Waals surface area contributed by atoms with E-state index in [2.05, 4.69) is 15.3 Å². The molecule has 2 unspecified atom stereocenters. The number of amides is 1. The van der Waals surface area contributed by atoms with Crippen molar-refractivity contribution in [2.24, 2.45) is 11.8 Å². The molecule has 0 aromatic carbocycles. The minimum absolute atomic E-state index is 0.123. The number of aromatic nitrogens is 1. The van der Waals surface area contributed by atoms with Gasteiger partial charge in [-0.1, -0.05) is 12.8 Å². The van der Waals surface area contributed by atoms with Crippen LogP contribution in [0.5, 0.6) is 0 Å². The Kier molecular flexibility index (Phi) is 3.87.